The number of aryl methyl sites for hydroxylation is 1. The summed E-state index contributed by atoms with van der Waals surface area (Å²) in [5, 5.41) is 14.3. The van der Waals surface area contributed by atoms with Crippen LogP contribution in [-0.2, 0) is 35.1 Å². The molecule has 1 heterocycles. The number of nitrogens with zero attached hydrogens (tertiary/aromatic N) is 3. The molecule has 310 valence electrons. The average Bonchev–Trinajstić information content (AvgIpc) is 3.42. The van der Waals surface area contributed by atoms with Crippen molar-refractivity contribution in [3.05, 3.63) is 35.4 Å². The average molecular weight is 770 g/mol. The first kappa shape index (κ1) is 45.9. The highest BCUT2D eigenvalue weighted by atomic mass is 16.6. The van der Waals surface area contributed by atoms with Crippen molar-refractivity contribution >= 4 is 29.7 Å². The van der Waals surface area contributed by atoms with Gasteiger partial charge in [-0.3, -0.25) is 24.1 Å². The molecule has 0 spiro atoms. The molecule has 1 atom stereocenters. The Bertz CT molecular complexity index is 1370. The van der Waals surface area contributed by atoms with E-state index in [0.717, 1.165) is 64.3 Å². The summed E-state index contributed by atoms with van der Waals surface area (Å²) in [7, 11) is 4.29. The molecule has 2 saturated carbocycles. The quantitative estimate of drug-likeness (QED) is 0.162. The maximum absolute atomic E-state index is 12.4. The summed E-state index contributed by atoms with van der Waals surface area (Å²) in [5.74, 6) is -1.64. The molecule has 3 aliphatic rings. The molecule has 4 rings (SSSR count). The van der Waals surface area contributed by atoms with Crippen molar-refractivity contribution < 1.29 is 33.8 Å². The van der Waals surface area contributed by atoms with E-state index in [2.05, 4.69) is 65.7 Å². The fraction of sp³-hybridized carbons (Fsp3) is 0.744. The Morgan fingerprint density at radius 2 is 1.44 bits per heavy atom. The van der Waals surface area contributed by atoms with Crippen LogP contribution in [0.1, 0.15) is 135 Å². The Labute approximate surface area is 330 Å². The van der Waals surface area contributed by atoms with E-state index < -0.39 is 23.6 Å². The first-order chi connectivity index (χ1) is 26.0. The number of piperazine rings is 1. The number of aliphatic carboxylic acids is 1. The molecule has 2 aliphatic carbocycles. The lowest BCUT2D eigenvalue weighted by molar-refractivity contribution is -0.158. The monoisotopic (exact) mass is 770 g/mol. The number of carboxylic acid groups (broad SMARTS) is 1. The Morgan fingerprint density at radius 1 is 0.855 bits per heavy atom. The molecule has 0 aromatic heterocycles. The van der Waals surface area contributed by atoms with Gasteiger partial charge < -0.3 is 30.3 Å². The maximum atomic E-state index is 12.4. The lowest BCUT2D eigenvalue weighted by Crippen LogP contribution is -2.52. The molecule has 1 unspecified atom stereocenters. The van der Waals surface area contributed by atoms with Crippen LogP contribution in [0.4, 0.5) is 0 Å². The molecule has 1 saturated heterocycles. The SMILES string of the molecule is Cc1ccc(CC2(N(C)C)CCC(NC(=O)CCC(=O)NC(C)C(=O)OC(C)(C)C)CC2)cc1.O=C(O)CCCC(=O)N1CCN(C2CCCCCC2)CC1. The van der Waals surface area contributed by atoms with Crippen LogP contribution in [0.2, 0.25) is 0 Å². The minimum atomic E-state index is -0.819. The molecule has 55 heavy (non-hydrogen) atoms. The van der Waals surface area contributed by atoms with Gasteiger partial charge in [0, 0.05) is 69.5 Å². The van der Waals surface area contributed by atoms with Gasteiger partial charge in [0.05, 0.1) is 0 Å². The number of amides is 3. The van der Waals surface area contributed by atoms with Gasteiger partial charge in [0.2, 0.25) is 17.7 Å². The number of carboxylic acids is 1. The summed E-state index contributed by atoms with van der Waals surface area (Å²) in [6.45, 7) is 12.6. The summed E-state index contributed by atoms with van der Waals surface area (Å²) in [6, 6.07) is 8.84. The number of likely N-dealkylation sites (N-methyl/N-ethyl adjacent to an activating group) is 1. The van der Waals surface area contributed by atoms with Crippen LogP contribution >= 0.6 is 0 Å². The second-order valence-electron chi connectivity index (χ2n) is 17.3. The molecule has 1 aromatic rings. The van der Waals surface area contributed by atoms with Gasteiger partial charge in [0.15, 0.2) is 0 Å². The minimum absolute atomic E-state index is 0.0424. The standard InChI is InChI=1S/C27H43N3O4.C16H28N2O3/c1-19-8-10-21(11-9-19)18-27(30(6)7)16-14-22(15-17-27)29-24(32)13-12-23(31)28-20(2)25(33)34-26(3,4)5;19-15(8-5-9-16(20)21)18-12-10-17(11-13-18)14-6-3-1-2-4-7-14/h8-11,20,22H,12-18H2,1-7H3,(H,28,31)(H,29,32);14H,1-13H2,(H,20,21). The molecule has 1 aromatic carbocycles. The van der Waals surface area contributed by atoms with E-state index in [0.29, 0.717) is 12.8 Å². The lowest BCUT2D eigenvalue weighted by atomic mass is 9.74. The van der Waals surface area contributed by atoms with Gasteiger partial charge in [0.25, 0.3) is 0 Å². The number of ether oxygens (including phenoxy) is 1. The highest BCUT2D eigenvalue weighted by Crippen LogP contribution is 2.35. The topological polar surface area (TPSA) is 149 Å². The van der Waals surface area contributed by atoms with Gasteiger partial charge in [-0.1, -0.05) is 55.5 Å². The van der Waals surface area contributed by atoms with Crippen LogP contribution < -0.4 is 10.6 Å². The number of nitrogens with one attached hydrogen (secondary N) is 2. The fourth-order valence-corrected chi connectivity index (χ4v) is 7.97. The Morgan fingerprint density at radius 3 is 1.98 bits per heavy atom. The van der Waals surface area contributed by atoms with Crippen molar-refractivity contribution in [3.63, 3.8) is 0 Å². The first-order valence-corrected chi connectivity index (χ1v) is 20.7. The molecule has 0 bridgehead atoms. The van der Waals surface area contributed by atoms with Crippen LogP contribution in [-0.4, -0.2) is 119 Å². The second kappa shape index (κ2) is 22.3. The third-order valence-corrected chi connectivity index (χ3v) is 11.4. The summed E-state index contributed by atoms with van der Waals surface area (Å²) in [6.07, 6.45) is 14.0. The predicted octanol–water partition coefficient (Wildman–Crippen LogP) is 5.63. The molecule has 3 N–H and O–H groups in total. The maximum Gasteiger partial charge on any atom is 0.328 e. The van der Waals surface area contributed by atoms with Gasteiger partial charge >= 0.3 is 11.9 Å². The van der Waals surface area contributed by atoms with Crippen LogP contribution in [0.3, 0.4) is 0 Å². The van der Waals surface area contributed by atoms with Gasteiger partial charge in [-0.2, -0.15) is 0 Å². The summed E-state index contributed by atoms with van der Waals surface area (Å²) in [5.41, 5.74) is 2.09. The van der Waals surface area contributed by atoms with Crippen molar-refractivity contribution in [2.45, 2.75) is 167 Å². The molecule has 12 nitrogen and oxygen atoms in total. The van der Waals surface area contributed by atoms with Crippen molar-refractivity contribution in [1.29, 1.82) is 0 Å². The van der Waals surface area contributed by atoms with Crippen molar-refractivity contribution in [2.24, 2.45) is 0 Å². The summed E-state index contributed by atoms with van der Waals surface area (Å²) in [4.78, 5) is 65.9. The first-order valence-electron chi connectivity index (χ1n) is 20.7. The van der Waals surface area contributed by atoms with E-state index in [1.807, 2.05) is 4.90 Å². The second-order valence-corrected chi connectivity index (χ2v) is 17.3. The van der Waals surface area contributed by atoms with Crippen LogP contribution in [0.25, 0.3) is 0 Å². The largest absolute Gasteiger partial charge is 0.481 e. The van der Waals surface area contributed by atoms with Gasteiger partial charge in [-0.15, -0.1) is 0 Å². The number of carbonyl (C=O) groups is 5. The molecule has 12 heteroatoms. The normalized spacial score (nSPS) is 21.7. The molecular weight excluding hydrogens is 699 g/mol. The molecule has 3 amide bonds. The molecule has 1 aliphatic heterocycles. The lowest BCUT2D eigenvalue weighted by Gasteiger charge is -2.45. The highest BCUT2D eigenvalue weighted by Gasteiger charge is 2.37. The number of carbonyl (C=O) groups excluding carboxylic acids is 4. The van der Waals surface area contributed by atoms with Gasteiger partial charge in [0.1, 0.15) is 11.6 Å². The Hall–Kier alpha value is -3.51. The van der Waals surface area contributed by atoms with Gasteiger partial charge in [-0.05, 0) is 106 Å². The highest BCUT2D eigenvalue weighted by molar-refractivity contribution is 5.87. The van der Waals surface area contributed by atoms with E-state index in [4.69, 9.17) is 9.84 Å². The predicted molar refractivity (Wildman–Crippen MR) is 216 cm³/mol. The molecule has 3 fully saturated rings. The van der Waals surface area contributed by atoms with Crippen LogP contribution in [0.5, 0.6) is 0 Å². The van der Waals surface area contributed by atoms with Crippen molar-refractivity contribution in [2.75, 3.05) is 40.3 Å². The van der Waals surface area contributed by atoms with E-state index in [1.54, 1.807) is 27.7 Å². The number of benzene rings is 1. The van der Waals surface area contributed by atoms with E-state index in [9.17, 15) is 24.0 Å². The zero-order valence-corrected chi connectivity index (χ0v) is 34.9. The minimum Gasteiger partial charge on any atom is -0.481 e. The number of hydrogen-bond acceptors (Lipinski definition) is 8. The smallest absolute Gasteiger partial charge is 0.328 e. The van der Waals surface area contributed by atoms with Crippen molar-refractivity contribution in [1.82, 2.24) is 25.3 Å². The van der Waals surface area contributed by atoms with Crippen molar-refractivity contribution in [3.8, 4) is 0 Å². The molecular formula is C43H71N5O7. The van der Waals surface area contributed by atoms with Crippen LogP contribution in [0, 0.1) is 6.92 Å². The van der Waals surface area contributed by atoms with Gasteiger partial charge in [-0.25, -0.2) is 4.79 Å². The number of rotatable bonds is 14. The van der Waals surface area contributed by atoms with E-state index >= 15 is 0 Å². The summed E-state index contributed by atoms with van der Waals surface area (Å²) >= 11 is 0. The Kier molecular flexibility index (Phi) is 18.6. The third-order valence-electron chi connectivity index (χ3n) is 11.4. The molecule has 0 radical (unpaired) electrons. The zero-order chi connectivity index (χ0) is 40.6. The number of esters is 1. The van der Waals surface area contributed by atoms with Crippen LogP contribution in [0.15, 0.2) is 24.3 Å². The van der Waals surface area contributed by atoms with E-state index in [1.165, 1.54) is 49.7 Å². The Balaban J connectivity index is 0.000000330. The van der Waals surface area contributed by atoms with E-state index in [-0.39, 0.29) is 48.6 Å². The number of hydrogen-bond donors (Lipinski definition) is 3. The summed E-state index contributed by atoms with van der Waals surface area (Å²) < 4.78 is 5.27. The fourth-order valence-electron chi connectivity index (χ4n) is 7.97. The zero-order valence-electron chi connectivity index (χ0n) is 34.9. The third kappa shape index (κ3) is 16.6.